The summed E-state index contributed by atoms with van der Waals surface area (Å²) in [7, 11) is -4.27. The summed E-state index contributed by atoms with van der Waals surface area (Å²) in [4.78, 5) is 28.8. The van der Waals surface area contributed by atoms with Crippen LogP contribution in [-0.4, -0.2) is 44.3 Å². The molecule has 226 valence electrons. The van der Waals surface area contributed by atoms with Crippen LogP contribution in [-0.2, 0) is 26.2 Å². The Morgan fingerprint density at radius 1 is 0.881 bits per heavy atom. The molecule has 12 heteroatoms. The summed E-state index contributed by atoms with van der Waals surface area (Å²) in [5.41, 5.74) is 1.51. The first-order valence-electron chi connectivity index (χ1n) is 13.3. The molecule has 0 saturated heterocycles. The van der Waals surface area contributed by atoms with Gasteiger partial charge in [-0.15, -0.1) is 0 Å². The number of carbonyl (C=O) groups excluding carboxylic acids is 2. The van der Waals surface area contributed by atoms with Crippen LogP contribution in [0.4, 0.5) is 5.69 Å². The number of anilines is 1. The molecular weight excluding hydrogens is 640 g/mol. The fourth-order valence-corrected chi connectivity index (χ4v) is 6.61. The minimum Gasteiger partial charge on any atom is -0.354 e. The van der Waals surface area contributed by atoms with Crippen molar-refractivity contribution in [1.29, 1.82) is 0 Å². The number of carbonyl (C=O) groups is 2. The number of nitrogens with zero attached hydrogens (tertiary/aromatic N) is 2. The second-order valence-corrected chi connectivity index (χ2v) is 13.9. The van der Waals surface area contributed by atoms with Gasteiger partial charge in [0, 0.05) is 33.2 Å². The predicted molar refractivity (Wildman–Crippen MR) is 171 cm³/mol. The topological polar surface area (TPSA) is 86.8 Å². The van der Waals surface area contributed by atoms with Gasteiger partial charge in [0.05, 0.1) is 10.6 Å². The van der Waals surface area contributed by atoms with Crippen LogP contribution < -0.4 is 9.62 Å². The first-order valence-corrected chi connectivity index (χ1v) is 16.2. The monoisotopic (exact) mass is 671 g/mol. The van der Waals surface area contributed by atoms with Crippen molar-refractivity contribution in [2.24, 2.45) is 5.92 Å². The molecule has 7 nitrogen and oxygen atoms in total. The van der Waals surface area contributed by atoms with Crippen molar-refractivity contribution in [1.82, 2.24) is 10.2 Å². The van der Waals surface area contributed by atoms with Gasteiger partial charge >= 0.3 is 0 Å². The molecule has 0 spiro atoms. The Morgan fingerprint density at radius 2 is 1.50 bits per heavy atom. The molecule has 0 bridgehead atoms. The Hall–Kier alpha value is -2.49. The number of hydrogen-bond donors (Lipinski definition) is 1. The van der Waals surface area contributed by atoms with E-state index in [1.807, 2.05) is 20.8 Å². The van der Waals surface area contributed by atoms with Crippen molar-refractivity contribution >= 4 is 73.9 Å². The number of halogens is 4. The van der Waals surface area contributed by atoms with Gasteiger partial charge in [-0.05, 0) is 67.3 Å². The lowest BCUT2D eigenvalue weighted by molar-refractivity contribution is -0.140. The minimum absolute atomic E-state index is 0.0222. The van der Waals surface area contributed by atoms with Gasteiger partial charge in [-0.2, -0.15) is 0 Å². The van der Waals surface area contributed by atoms with Gasteiger partial charge < -0.3 is 10.2 Å². The first kappa shape index (κ1) is 34.0. The molecule has 0 aliphatic carbocycles. The van der Waals surface area contributed by atoms with E-state index in [0.29, 0.717) is 22.2 Å². The second-order valence-electron chi connectivity index (χ2n) is 10.3. The van der Waals surface area contributed by atoms with E-state index < -0.39 is 28.5 Å². The number of benzene rings is 3. The molecule has 3 aromatic carbocycles. The van der Waals surface area contributed by atoms with Crippen LogP contribution in [0.1, 0.15) is 38.3 Å². The van der Waals surface area contributed by atoms with Gasteiger partial charge in [-0.25, -0.2) is 8.42 Å². The second kappa shape index (κ2) is 14.8. The van der Waals surface area contributed by atoms with Crippen molar-refractivity contribution in [3.63, 3.8) is 0 Å². The maximum Gasteiger partial charge on any atom is 0.264 e. The SMILES string of the molecule is CCC(C(=O)NCC(C)C)N(Cc1ccc(Cl)cc1Cl)C(=O)CN(c1cc(Cl)cc(Cl)c1)S(=O)(=O)c1ccc(C)cc1. The summed E-state index contributed by atoms with van der Waals surface area (Å²) in [5.74, 6) is -0.799. The number of amides is 2. The molecule has 2 amide bonds. The smallest absolute Gasteiger partial charge is 0.264 e. The Bertz CT molecular complexity index is 1510. The number of nitrogens with one attached hydrogen (secondary N) is 1. The lowest BCUT2D eigenvalue weighted by atomic mass is 10.1. The number of hydrogen-bond acceptors (Lipinski definition) is 4. The molecule has 3 aromatic rings. The third-order valence-corrected chi connectivity index (χ3v) is 9.26. The van der Waals surface area contributed by atoms with Crippen LogP contribution in [0, 0.1) is 12.8 Å². The largest absolute Gasteiger partial charge is 0.354 e. The highest BCUT2D eigenvalue weighted by Crippen LogP contribution is 2.31. The van der Waals surface area contributed by atoms with Crippen molar-refractivity contribution in [3.8, 4) is 0 Å². The zero-order valence-corrected chi connectivity index (χ0v) is 27.5. The van der Waals surface area contributed by atoms with Crippen LogP contribution in [0.3, 0.4) is 0 Å². The zero-order chi connectivity index (χ0) is 31.2. The van der Waals surface area contributed by atoms with E-state index in [1.54, 1.807) is 37.3 Å². The molecule has 1 N–H and O–H groups in total. The molecule has 0 aromatic heterocycles. The lowest BCUT2D eigenvalue weighted by Gasteiger charge is -2.33. The Morgan fingerprint density at radius 3 is 2.05 bits per heavy atom. The van der Waals surface area contributed by atoms with Crippen LogP contribution in [0.2, 0.25) is 20.1 Å². The first-order chi connectivity index (χ1) is 19.7. The predicted octanol–water partition coefficient (Wildman–Crippen LogP) is 7.38. The highest BCUT2D eigenvalue weighted by Gasteiger charge is 2.34. The summed E-state index contributed by atoms with van der Waals surface area (Å²) in [5, 5.41) is 3.99. The van der Waals surface area contributed by atoms with Gasteiger partial charge in [0.2, 0.25) is 11.8 Å². The Labute approximate surface area is 267 Å². The van der Waals surface area contributed by atoms with E-state index in [1.165, 1.54) is 35.2 Å². The van der Waals surface area contributed by atoms with Gasteiger partial charge in [0.1, 0.15) is 12.6 Å². The van der Waals surface area contributed by atoms with Crippen LogP contribution >= 0.6 is 46.4 Å². The molecule has 0 fully saturated rings. The van der Waals surface area contributed by atoms with E-state index in [4.69, 9.17) is 46.4 Å². The molecule has 0 aliphatic rings. The fraction of sp³-hybridized carbons (Fsp3) is 0.333. The van der Waals surface area contributed by atoms with Gasteiger partial charge in [-0.3, -0.25) is 13.9 Å². The third-order valence-electron chi connectivity index (χ3n) is 6.45. The minimum atomic E-state index is -4.27. The molecular formula is C30H33Cl4N3O4S. The highest BCUT2D eigenvalue weighted by molar-refractivity contribution is 7.92. The molecule has 0 aliphatic heterocycles. The molecule has 42 heavy (non-hydrogen) atoms. The third kappa shape index (κ3) is 8.77. The van der Waals surface area contributed by atoms with Gasteiger partial charge in [0.25, 0.3) is 10.0 Å². The number of aryl methyl sites for hydroxylation is 1. The van der Waals surface area contributed by atoms with Crippen LogP contribution in [0.5, 0.6) is 0 Å². The maximum absolute atomic E-state index is 14.2. The summed E-state index contributed by atoms with van der Waals surface area (Å²) >= 11 is 25.0. The van der Waals surface area contributed by atoms with Crippen molar-refractivity contribution in [2.75, 3.05) is 17.4 Å². The van der Waals surface area contributed by atoms with E-state index in [0.717, 1.165) is 9.87 Å². The molecule has 1 atom stereocenters. The Kier molecular flexibility index (Phi) is 12.0. The average Bonchev–Trinajstić information content (AvgIpc) is 2.91. The molecule has 0 heterocycles. The van der Waals surface area contributed by atoms with Crippen LogP contribution in [0.25, 0.3) is 0 Å². The molecule has 0 radical (unpaired) electrons. The number of rotatable bonds is 12. The fourth-order valence-electron chi connectivity index (χ4n) is 4.22. The highest BCUT2D eigenvalue weighted by atomic mass is 35.5. The summed E-state index contributed by atoms with van der Waals surface area (Å²) in [6.07, 6.45) is 0.272. The summed E-state index contributed by atoms with van der Waals surface area (Å²) in [6.45, 7) is 7.25. The van der Waals surface area contributed by atoms with Crippen LogP contribution in [0.15, 0.2) is 65.6 Å². The number of sulfonamides is 1. The Balaban J connectivity index is 2.10. The quantitative estimate of drug-likeness (QED) is 0.218. The van der Waals surface area contributed by atoms with E-state index in [2.05, 4.69) is 5.32 Å². The van der Waals surface area contributed by atoms with Crippen molar-refractivity contribution in [2.45, 2.75) is 51.6 Å². The van der Waals surface area contributed by atoms with E-state index in [-0.39, 0.29) is 45.4 Å². The van der Waals surface area contributed by atoms with Gasteiger partial charge in [-0.1, -0.05) is 90.9 Å². The van der Waals surface area contributed by atoms with E-state index in [9.17, 15) is 18.0 Å². The molecule has 0 saturated carbocycles. The lowest BCUT2D eigenvalue weighted by Crippen LogP contribution is -2.52. The zero-order valence-electron chi connectivity index (χ0n) is 23.7. The average molecular weight is 673 g/mol. The van der Waals surface area contributed by atoms with E-state index >= 15 is 0 Å². The maximum atomic E-state index is 14.2. The standard InChI is InChI=1S/C30H33Cl4N3O4S/c1-5-28(30(39)35-16-19(2)3)36(17-21-8-9-22(31)15-27(21)34)29(38)18-37(25-13-23(32)12-24(33)14-25)42(40,41)26-10-6-20(4)7-11-26/h6-15,19,28H,5,16-18H2,1-4H3,(H,35,39). The normalized spacial score (nSPS) is 12.2. The molecule has 3 rings (SSSR count). The summed E-state index contributed by atoms with van der Waals surface area (Å²) < 4.78 is 28.9. The molecule has 1 unspecified atom stereocenters. The van der Waals surface area contributed by atoms with Crippen molar-refractivity contribution in [3.05, 3.63) is 91.9 Å². The summed E-state index contributed by atoms with van der Waals surface area (Å²) in [6, 6.07) is 14.5. The van der Waals surface area contributed by atoms with Crippen molar-refractivity contribution < 1.29 is 18.0 Å². The van der Waals surface area contributed by atoms with Gasteiger partial charge in [0.15, 0.2) is 0 Å².